The second-order valence-corrected chi connectivity index (χ2v) is 7.55. The molecule has 3 aromatic rings. The molecule has 0 spiro atoms. The molecule has 1 aromatic heterocycles. The molecule has 2 aromatic carbocycles. The summed E-state index contributed by atoms with van der Waals surface area (Å²) in [6.45, 7) is 0.416. The van der Waals surface area contributed by atoms with E-state index in [2.05, 4.69) is 10.3 Å². The Labute approximate surface area is 174 Å². The van der Waals surface area contributed by atoms with Crippen molar-refractivity contribution in [3.05, 3.63) is 89.4 Å². The van der Waals surface area contributed by atoms with Gasteiger partial charge in [-0.1, -0.05) is 24.3 Å². The third kappa shape index (κ3) is 6.32. The van der Waals surface area contributed by atoms with Crippen LogP contribution in [0.3, 0.4) is 0 Å². The van der Waals surface area contributed by atoms with Gasteiger partial charge in [0.05, 0.1) is 12.7 Å². The van der Waals surface area contributed by atoms with E-state index in [9.17, 15) is 9.18 Å². The predicted octanol–water partition coefficient (Wildman–Crippen LogP) is 4.88. The van der Waals surface area contributed by atoms with Crippen molar-refractivity contribution in [2.75, 3.05) is 12.9 Å². The number of aromatic nitrogens is 1. The van der Waals surface area contributed by atoms with Crippen molar-refractivity contribution < 1.29 is 13.9 Å². The highest BCUT2D eigenvalue weighted by Gasteiger charge is 2.12. The Bertz CT molecular complexity index is 948. The highest BCUT2D eigenvalue weighted by Crippen LogP contribution is 2.22. The summed E-state index contributed by atoms with van der Waals surface area (Å²) in [4.78, 5) is 17.0. The third-order valence-corrected chi connectivity index (χ3v) is 5.46. The van der Waals surface area contributed by atoms with Crippen LogP contribution in [0.2, 0.25) is 0 Å². The summed E-state index contributed by atoms with van der Waals surface area (Å²) in [5, 5.41) is 3.66. The smallest absolute Gasteiger partial charge is 0.254 e. The first-order chi connectivity index (χ1) is 14.2. The highest BCUT2D eigenvalue weighted by atomic mass is 32.2. The summed E-state index contributed by atoms with van der Waals surface area (Å²) in [7, 11) is 1.62. The number of thioether (sulfide) groups is 1. The van der Waals surface area contributed by atoms with Gasteiger partial charge in [-0.05, 0) is 66.1 Å². The van der Waals surface area contributed by atoms with E-state index in [1.807, 2.05) is 24.3 Å². The average molecular weight is 411 g/mol. The fourth-order valence-corrected chi connectivity index (χ4v) is 3.77. The van der Waals surface area contributed by atoms with Crippen molar-refractivity contribution in [3.63, 3.8) is 0 Å². The topological polar surface area (TPSA) is 51.2 Å². The molecule has 0 radical (unpaired) electrons. The van der Waals surface area contributed by atoms with Crippen LogP contribution in [0.15, 0.2) is 71.9 Å². The van der Waals surface area contributed by atoms with Gasteiger partial charge in [0.25, 0.3) is 5.91 Å². The summed E-state index contributed by atoms with van der Waals surface area (Å²) < 4.78 is 18.2. The lowest BCUT2D eigenvalue weighted by atomic mass is 10.1. The lowest BCUT2D eigenvalue weighted by Crippen LogP contribution is -2.23. The summed E-state index contributed by atoms with van der Waals surface area (Å²) in [5.74, 6) is 1.21. The predicted molar refractivity (Wildman–Crippen MR) is 114 cm³/mol. The number of methoxy groups -OCH3 is 1. The zero-order valence-electron chi connectivity index (χ0n) is 16.2. The number of nitrogens with one attached hydrogen (secondary N) is 1. The molecular weight excluding hydrogens is 387 g/mol. The van der Waals surface area contributed by atoms with E-state index >= 15 is 0 Å². The van der Waals surface area contributed by atoms with Crippen LogP contribution in [0.5, 0.6) is 5.75 Å². The minimum absolute atomic E-state index is 0.151. The molecule has 1 amide bonds. The van der Waals surface area contributed by atoms with Crippen LogP contribution in [0.25, 0.3) is 0 Å². The van der Waals surface area contributed by atoms with Gasteiger partial charge in [0.2, 0.25) is 0 Å². The van der Waals surface area contributed by atoms with Crippen LogP contribution in [0.1, 0.15) is 27.9 Å². The number of rotatable bonds is 9. The minimum Gasteiger partial charge on any atom is -0.497 e. The highest BCUT2D eigenvalue weighted by molar-refractivity contribution is 7.99. The van der Waals surface area contributed by atoms with E-state index in [0.29, 0.717) is 12.1 Å². The van der Waals surface area contributed by atoms with E-state index in [0.717, 1.165) is 40.5 Å². The molecule has 0 fully saturated rings. The van der Waals surface area contributed by atoms with Gasteiger partial charge in [0.1, 0.15) is 16.6 Å². The number of nitrogens with zero attached hydrogens (tertiary/aromatic N) is 1. The number of ether oxygens (including phenoxy) is 1. The maximum absolute atomic E-state index is 13.0. The number of carbonyl (C=O) groups excluding carboxylic acids is 1. The van der Waals surface area contributed by atoms with Gasteiger partial charge in [-0.2, -0.15) is 0 Å². The van der Waals surface area contributed by atoms with Gasteiger partial charge in [0, 0.05) is 12.7 Å². The van der Waals surface area contributed by atoms with Crippen LogP contribution in [0.4, 0.5) is 4.39 Å². The number of hydrogen-bond donors (Lipinski definition) is 1. The van der Waals surface area contributed by atoms with Crippen molar-refractivity contribution >= 4 is 17.7 Å². The molecule has 3 rings (SSSR count). The largest absolute Gasteiger partial charge is 0.497 e. The Morgan fingerprint density at radius 2 is 1.93 bits per heavy atom. The van der Waals surface area contributed by atoms with Crippen molar-refractivity contribution in [3.8, 4) is 5.75 Å². The molecule has 1 N–H and O–H groups in total. The summed E-state index contributed by atoms with van der Waals surface area (Å²) in [5.41, 5.74) is 2.64. The van der Waals surface area contributed by atoms with Crippen molar-refractivity contribution in [2.24, 2.45) is 0 Å². The first-order valence-electron chi connectivity index (χ1n) is 9.39. The van der Waals surface area contributed by atoms with Gasteiger partial charge < -0.3 is 10.1 Å². The summed E-state index contributed by atoms with van der Waals surface area (Å²) in [6.07, 6.45) is 3.47. The number of aryl methyl sites for hydroxylation is 1. The molecule has 0 unspecified atom stereocenters. The van der Waals surface area contributed by atoms with Crippen LogP contribution in [-0.2, 0) is 13.0 Å². The van der Waals surface area contributed by atoms with E-state index in [1.165, 1.54) is 12.1 Å². The lowest BCUT2D eigenvalue weighted by Gasteiger charge is -2.10. The van der Waals surface area contributed by atoms with Gasteiger partial charge in [-0.15, -0.1) is 11.8 Å². The normalized spacial score (nSPS) is 10.6. The van der Waals surface area contributed by atoms with Crippen molar-refractivity contribution in [1.29, 1.82) is 0 Å². The fraction of sp³-hybridized carbons (Fsp3) is 0.217. The molecule has 0 atom stereocenters. The maximum Gasteiger partial charge on any atom is 0.254 e. The number of hydrogen-bond acceptors (Lipinski definition) is 4. The Morgan fingerprint density at radius 1 is 1.10 bits per heavy atom. The first kappa shape index (κ1) is 20.9. The zero-order chi connectivity index (χ0) is 20.5. The molecule has 0 saturated heterocycles. The lowest BCUT2D eigenvalue weighted by molar-refractivity contribution is 0.0947. The Kier molecular flexibility index (Phi) is 7.64. The third-order valence-electron chi connectivity index (χ3n) is 4.36. The molecular formula is C23H23FN2O2S. The Hall–Kier alpha value is -2.86. The Morgan fingerprint density at radius 3 is 2.72 bits per heavy atom. The molecule has 0 bridgehead atoms. The fourth-order valence-electron chi connectivity index (χ4n) is 2.83. The van der Waals surface area contributed by atoms with E-state index in [4.69, 9.17) is 4.74 Å². The molecule has 29 heavy (non-hydrogen) atoms. The van der Waals surface area contributed by atoms with Crippen LogP contribution in [0, 0.1) is 5.82 Å². The molecule has 0 aliphatic carbocycles. The SMILES string of the molecule is COc1cccc(CNC(=O)c2cccnc2SCCCc2ccc(F)cc2)c1. The number of halogens is 1. The van der Waals surface area contributed by atoms with Crippen molar-refractivity contribution in [1.82, 2.24) is 10.3 Å². The number of carbonyl (C=O) groups is 1. The molecule has 0 saturated carbocycles. The molecule has 150 valence electrons. The Balaban J connectivity index is 1.53. The van der Waals surface area contributed by atoms with E-state index < -0.39 is 0 Å². The quantitative estimate of drug-likeness (QED) is 0.403. The molecule has 6 heteroatoms. The summed E-state index contributed by atoms with van der Waals surface area (Å²) >= 11 is 1.56. The number of amides is 1. The van der Waals surface area contributed by atoms with Crippen LogP contribution < -0.4 is 10.1 Å². The second kappa shape index (κ2) is 10.6. The molecule has 0 aliphatic rings. The average Bonchev–Trinajstić information content (AvgIpc) is 2.76. The second-order valence-electron chi connectivity index (χ2n) is 6.47. The number of pyridine rings is 1. The van der Waals surface area contributed by atoms with Gasteiger partial charge in [-0.25, -0.2) is 9.37 Å². The van der Waals surface area contributed by atoms with Crippen LogP contribution >= 0.6 is 11.8 Å². The van der Waals surface area contributed by atoms with Gasteiger partial charge >= 0.3 is 0 Å². The van der Waals surface area contributed by atoms with Gasteiger partial charge in [0.15, 0.2) is 0 Å². The molecule has 4 nitrogen and oxygen atoms in total. The summed E-state index contributed by atoms with van der Waals surface area (Å²) in [6, 6.07) is 17.7. The first-order valence-corrected chi connectivity index (χ1v) is 10.4. The van der Waals surface area contributed by atoms with Crippen LogP contribution in [-0.4, -0.2) is 23.8 Å². The van der Waals surface area contributed by atoms with Crippen molar-refractivity contribution in [2.45, 2.75) is 24.4 Å². The van der Waals surface area contributed by atoms with Gasteiger partial charge in [-0.3, -0.25) is 4.79 Å². The maximum atomic E-state index is 13.0. The van der Waals surface area contributed by atoms with E-state index in [1.54, 1.807) is 49.3 Å². The molecule has 0 aliphatic heterocycles. The zero-order valence-corrected chi connectivity index (χ0v) is 17.0. The minimum atomic E-state index is -0.221. The molecule has 1 heterocycles. The monoisotopic (exact) mass is 410 g/mol. The number of benzene rings is 2. The standard InChI is InChI=1S/C23H23FN2O2S/c1-28-20-7-2-5-18(15-20)16-26-22(27)21-8-3-13-25-23(21)29-14-4-6-17-9-11-19(24)12-10-17/h2-3,5,7-13,15H,4,6,14,16H2,1H3,(H,26,27). The van der Waals surface area contributed by atoms with E-state index in [-0.39, 0.29) is 11.7 Å².